The van der Waals surface area contributed by atoms with E-state index in [1.165, 1.54) is 73.5 Å². The summed E-state index contributed by atoms with van der Waals surface area (Å²) in [6.45, 7) is 17.5. The molecule has 0 aromatic rings. The average Bonchev–Trinajstić information content (AvgIpc) is 2.57. The number of hydrogen-bond acceptors (Lipinski definition) is 0. The molecule has 0 heterocycles. The summed E-state index contributed by atoms with van der Waals surface area (Å²) in [5, 5.41) is 1.20. The molecular weight excluding hydrogens is 296 g/mol. The summed E-state index contributed by atoms with van der Waals surface area (Å²) in [5.74, 6) is 0. The Hall–Kier alpha value is 0.434. The van der Waals surface area contributed by atoms with Crippen molar-refractivity contribution in [1.82, 2.24) is 0 Å². The quantitative estimate of drug-likeness (QED) is 0.220. The molecule has 0 aliphatic rings. The van der Waals surface area contributed by atoms with Crippen molar-refractivity contribution < 1.29 is 0 Å². The SMILES string of the molecule is CCCCCCCC([Si](CC)(CC)CC)[Si](CC)(CC)CC. The Bertz CT molecular complexity index is 218. The van der Waals surface area contributed by atoms with Gasteiger partial charge in [-0.3, -0.25) is 0 Å². The molecule has 0 radical (unpaired) electrons. The number of rotatable bonds is 14. The molecule has 2 heteroatoms. The molecule has 0 unspecified atom stereocenters. The highest BCUT2D eigenvalue weighted by atomic mass is 28.4. The lowest BCUT2D eigenvalue weighted by atomic mass is 10.1. The van der Waals surface area contributed by atoms with Crippen LogP contribution in [-0.4, -0.2) is 16.1 Å². The molecule has 0 rings (SSSR count). The Balaban J connectivity index is 5.20. The summed E-state index contributed by atoms with van der Waals surface area (Å²) in [5.41, 5.74) is 0. The average molecular weight is 343 g/mol. The standard InChI is InChI=1S/C20H46Si2/c1-8-15-16-17-18-19-20(21(9-2,10-3)11-4)22(12-5,13-6)14-7/h20H,8-19H2,1-7H3. The predicted molar refractivity (Wildman–Crippen MR) is 112 cm³/mol. The first-order valence-corrected chi connectivity index (χ1v) is 16.0. The van der Waals surface area contributed by atoms with Crippen molar-refractivity contribution in [2.24, 2.45) is 0 Å². The van der Waals surface area contributed by atoms with Crippen LogP contribution in [0.25, 0.3) is 0 Å². The topological polar surface area (TPSA) is 0 Å². The van der Waals surface area contributed by atoms with E-state index in [2.05, 4.69) is 48.5 Å². The minimum absolute atomic E-state index is 1.05. The van der Waals surface area contributed by atoms with Gasteiger partial charge in [0.05, 0.1) is 16.1 Å². The van der Waals surface area contributed by atoms with Crippen LogP contribution in [0.1, 0.15) is 87.0 Å². The smallest absolute Gasteiger partial charge is 0.0532 e. The molecule has 0 aliphatic carbocycles. The van der Waals surface area contributed by atoms with Gasteiger partial charge in [0, 0.05) is 0 Å². The van der Waals surface area contributed by atoms with E-state index in [-0.39, 0.29) is 0 Å². The van der Waals surface area contributed by atoms with Gasteiger partial charge < -0.3 is 0 Å². The van der Waals surface area contributed by atoms with Gasteiger partial charge in [0.2, 0.25) is 0 Å². The molecule has 134 valence electrons. The maximum Gasteiger partial charge on any atom is 0.0532 e. The molecule has 0 atom stereocenters. The van der Waals surface area contributed by atoms with E-state index in [4.69, 9.17) is 0 Å². The van der Waals surface area contributed by atoms with Gasteiger partial charge in [-0.25, -0.2) is 0 Å². The zero-order valence-corrected chi connectivity index (χ0v) is 19.1. The fourth-order valence-corrected chi connectivity index (χ4v) is 21.7. The van der Waals surface area contributed by atoms with E-state index in [0.717, 1.165) is 0 Å². The van der Waals surface area contributed by atoms with Crippen LogP contribution in [0.4, 0.5) is 0 Å². The van der Waals surface area contributed by atoms with E-state index in [9.17, 15) is 0 Å². The van der Waals surface area contributed by atoms with Crippen molar-refractivity contribution in [3.63, 3.8) is 0 Å². The van der Waals surface area contributed by atoms with Crippen LogP contribution < -0.4 is 0 Å². The number of unbranched alkanes of at least 4 members (excludes halogenated alkanes) is 4. The molecule has 0 bridgehead atoms. The summed E-state index contributed by atoms with van der Waals surface area (Å²) in [6.07, 6.45) is 8.90. The molecule has 22 heavy (non-hydrogen) atoms. The predicted octanol–water partition coefficient (Wildman–Crippen LogP) is 8.27. The normalized spacial score (nSPS) is 13.1. The van der Waals surface area contributed by atoms with Gasteiger partial charge in [-0.2, -0.15) is 0 Å². The van der Waals surface area contributed by atoms with Gasteiger partial charge in [-0.05, 0) is 5.16 Å². The van der Waals surface area contributed by atoms with Crippen molar-refractivity contribution in [2.45, 2.75) is 128 Å². The van der Waals surface area contributed by atoms with Crippen molar-refractivity contribution in [3.8, 4) is 0 Å². The van der Waals surface area contributed by atoms with E-state index in [1.54, 1.807) is 6.42 Å². The molecule has 0 spiro atoms. The molecule has 0 fully saturated rings. The lowest BCUT2D eigenvalue weighted by Crippen LogP contribution is -2.52. The van der Waals surface area contributed by atoms with E-state index >= 15 is 0 Å². The zero-order chi connectivity index (χ0) is 17.1. The second-order valence-corrected chi connectivity index (χ2v) is 19.3. The van der Waals surface area contributed by atoms with E-state index in [1.807, 2.05) is 0 Å². The van der Waals surface area contributed by atoms with Gasteiger partial charge in [-0.15, -0.1) is 0 Å². The fourth-order valence-electron chi connectivity index (χ4n) is 5.19. The van der Waals surface area contributed by atoms with E-state index in [0.29, 0.717) is 0 Å². The molecular formula is C20H46Si2. The van der Waals surface area contributed by atoms with E-state index < -0.39 is 16.1 Å². The third-order valence-corrected chi connectivity index (χ3v) is 23.0. The second-order valence-electron chi connectivity index (χ2n) is 7.60. The minimum atomic E-state index is -1.05. The highest BCUT2D eigenvalue weighted by Crippen LogP contribution is 2.47. The summed E-state index contributed by atoms with van der Waals surface area (Å²) >= 11 is 0. The molecule has 0 saturated heterocycles. The minimum Gasteiger partial charge on any atom is -0.0678 e. The monoisotopic (exact) mass is 342 g/mol. The molecule has 0 saturated carbocycles. The lowest BCUT2D eigenvalue weighted by Gasteiger charge is -2.48. The highest BCUT2D eigenvalue weighted by molar-refractivity contribution is 6.99. The second kappa shape index (κ2) is 11.9. The van der Waals surface area contributed by atoms with Crippen LogP contribution in [0.2, 0.25) is 41.4 Å². The van der Waals surface area contributed by atoms with Crippen LogP contribution in [-0.2, 0) is 0 Å². The molecule has 0 aliphatic heterocycles. The Morgan fingerprint density at radius 2 is 0.864 bits per heavy atom. The van der Waals surface area contributed by atoms with Crippen molar-refractivity contribution >= 4 is 16.1 Å². The highest BCUT2D eigenvalue weighted by Gasteiger charge is 2.47. The van der Waals surface area contributed by atoms with Crippen molar-refractivity contribution in [2.75, 3.05) is 0 Å². The van der Waals surface area contributed by atoms with Crippen LogP contribution in [0.15, 0.2) is 0 Å². The molecule has 0 aromatic heterocycles. The third-order valence-electron chi connectivity index (χ3n) is 7.30. The summed E-state index contributed by atoms with van der Waals surface area (Å²) in [7, 11) is -2.10. The first-order chi connectivity index (χ1) is 10.6. The van der Waals surface area contributed by atoms with Gasteiger partial charge >= 0.3 is 0 Å². The Morgan fingerprint density at radius 1 is 0.500 bits per heavy atom. The van der Waals surface area contributed by atoms with Crippen LogP contribution in [0, 0.1) is 0 Å². The van der Waals surface area contributed by atoms with Crippen LogP contribution >= 0.6 is 0 Å². The van der Waals surface area contributed by atoms with Gasteiger partial charge in [0.15, 0.2) is 0 Å². The largest absolute Gasteiger partial charge is 0.0678 e. The van der Waals surface area contributed by atoms with Crippen molar-refractivity contribution in [1.29, 1.82) is 0 Å². The zero-order valence-electron chi connectivity index (χ0n) is 17.1. The lowest BCUT2D eigenvalue weighted by molar-refractivity contribution is 0.608. The van der Waals surface area contributed by atoms with Crippen LogP contribution in [0.5, 0.6) is 0 Å². The molecule has 0 aromatic carbocycles. The fraction of sp³-hybridized carbons (Fsp3) is 1.00. The van der Waals surface area contributed by atoms with Gasteiger partial charge in [0.25, 0.3) is 0 Å². The third kappa shape index (κ3) is 5.51. The van der Waals surface area contributed by atoms with Gasteiger partial charge in [-0.1, -0.05) is 123 Å². The Kier molecular flexibility index (Phi) is 12.1. The maximum atomic E-state index is 2.53. The number of hydrogen-bond donors (Lipinski definition) is 0. The summed E-state index contributed by atoms with van der Waals surface area (Å²) in [6, 6.07) is 9.22. The summed E-state index contributed by atoms with van der Waals surface area (Å²) < 4.78 is 0. The maximum absolute atomic E-state index is 2.53. The Labute approximate surface area is 144 Å². The van der Waals surface area contributed by atoms with Gasteiger partial charge in [0.1, 0.15) is 0 Å². The molecule has 0 amide bonds. The first kappa shape index (κ1) is 22.4. The summed E-state index contributed by atoms with van der Waals surface area (Å²) in [4.78, 5) is 0. The van der Waals surface area contributed by atoms with Crippen LogP contribution in [0.3, 0.4) is 0 Å². The van der Waals surface area contributed by atoms with Crippen molar-refractivity contribution in [3.05, 3.63) is 0 Å². The molecule has 0 N–H and O–H groups in total. The Morgan fingerprint density at radius 3 is 1.18 bits per heavy atom. The molecule has 0 nitrogen and oxygen atoms in total. The first-order valence-electron chi connectivity index (χ1n) is 10.6.